The summed E-state index contributed by atoms with van der Waals surface area (Å²) < 4.78 is 5.06. The first-order chi connectivity index (χ1) is 12.9. The lowest BCUT2D eigenvalue weighted by atomic mass is 10.2. The second-order valence-electron chi connectivity index (χ2n) is 6.16. The number of benzene rings is 1. The molecule has 9 nitrogen and oxygen atoms in total. The summed E-state index contributed by atoms with van der Waals surface area (Å²) in [5.74, 6) is 0.684. The van der Waals surface area contributed by atoms with Crippen molar-refractivity contribution in [2.24, 2.45) is 0 Å². The normalized spacial score (nSPS) is 10.1. The highest BCUT2D eigenvalue weighted by Gasteiger charge is 2.14. The molecular weight excluding hydrogens is 348 g/mol. The molecule has 0 fully saturated rings. The van der Waals surface area contributed by atoms with Crippen molar-refractivity contribution in [2.45, 2.75) is 6.61 Å². The summed E-state index contributed by atoms with van der Waals surface area (Å²) in [7, 11) is 7.29. The summed E-state index contributed by atoms with van der Waals surface area (Å²) >= 11 is 0. The number of rotatable bonds is 7. The summed E-state index contributed by atoms with van der Waals surface area (Å²) in [6, 6.07) is 9.29. The zero-order chi connectivity index (χ0) is 19.8. The van der Waals surface area contributed by atoms with Crippen LogP contribution in [-0.4, -0.2) is 56.7 Å². The van der Waals surface area contributed by atoms with Gasteiger partial charge in [0, 0.05) is 28.2 Å². The van der Waals surface area contributed by atoms with Crippen molar-refractivity contribution in [2.75, 3.05) is 49.9 Å². The summed E-state index contributed by atoms with van der Waals surface area (Å²) in [4.78, 5) is 36.0. The SMILES string of the molecule is CN(C)c1ncc(NC(=O)CNC(=O)OCc2ccccc2)c(N(C)C)n1. The van der Waals surface area contributed by atoms with Crippen LogP contribution in [0, 0.1) is 0 Å². The first-order valence-corrected chi connectivity index (χ1v) is 8.33. The van der Waals surface area contributed by atoms with Gasteiger partial charge in [0.2, 0.25) is 11.9 Å². The van der Waals surface area contributed by atoms with Gasteiger partial charge in [-0.3, -0.25) is 4.79 Å². The minimum Gasteiger partial charge on any atom is -0.445 e. The van der Waals surface area contributed by atoms with Gasteiger partial charge in [-0.25, -0.2) is 9.78 Å². The maximum Gasteiger partial charge on any atom is 0.407 e. The van der Waals surface area contributed by atoms with Crippen LogP contribution in [0.3, 0.4) is 0 Å². The monoisotopic (exact) mass is 372 g/mol. The lowest BCUT2D eigenvalue weighted by Gasteiger charge is -2.19. The number of carbonyl (C=O) groups excluding carboxylic acids is 2. The number of nitrogens with one attached hydrogen (secondary N) is 2. The maximum absolute atomic E-state index is 12.1. The molecule has 0 radical (unpaired) electrons. The zero-order valence-electron chi connectivity index (χ0n) is 15.9. The molecule has 9 heteroatoms. The molecule has 0 saturated carbocycles. The molecule has 144 valence electrons. The predicted molar refractivity (Wildman–Crippen MR) is 104 cm³/mol. The minimum absolute atomic E-state index is 0.138. The van der Waals surface area contributed by atoms with E-state index in [2.05, 4.69) is 20.6 Å². The summed E-state index contributed by atoms with van der Waals surface area (Å²) in [5, 5.41) is 5.11. The first kappa shape index (κ1) is 20.0. The molecule has 2 N–H and O–H groups in total. The molecule has 2 amide bonds. The van der Waals surface area contributed by atoms with Gasteiger partial charge in [0.1, 0.15) is 18.8 Å². The van der Waals surface area contributed by atoms with Gasteiger partial charge in [-0.2, -0.15) is 4.98 Å². The van der Waals surface area contributed by atoms with Crippen LogP contribution in [0.15, 0.2) is 36.5 Å². The number of ether oxygens (including phenoxy) is 1. The third kappa shape index (κ3) is 6.14. The highest BCUT2D eigenvalue weighted by Crippen LogP contribution is 2.22. The van der Waals surface area contributed by atoms with E-state index in [0.717, 1.165) is 5.56 Å². The van der Waals surface area contributed by atoms with Gasteiger partial charge in [0.05, 0.1) is 6.20 Å². The number of aromatic nitrogens is 2. The predicted octanol–water partition coefficient (Wildman–Crippen LogP) is 1.47. The fraction of sp³-hybridized carbons (Fsp3) is 0.333. The fourth-order valence-electron chi connectivity index (χ4n) is 2.13. The average molecular weight is 372 g/mol. The zero-order valence-corrected chi connectivity index (χ0v) is 15.9. The van der Waals surface area contributed by atoms with Crippen LogP contribution in [0.2, 0.25) is 0 Å². The summed E-state index contributed by atoms with van der Waals surface area (Å²) in [6.45, 7) is -0.0885. The smallest absolute Gasteiger partial charge is 0.407 e. The Morgan fingerprint density at radius 1 is 1.07 bits per heavy atom. The quantitative estimate of drug-likeness (QED) is 0.759. The van der Waals surface area contributed by atoms with E-state index < -0.39 is 12.0 Å². The Labute approximate surface area is 158 Å². The first-order valence-electron chi connectivity index (χ1n) is 8.33. The number of hydrogen-bond acceptors (Lipinski definition) is 7. The molecule has 1 aromatic carbocycles. The Hall–Kier alpha value is -3.36. The molecule has 0 aliphatic heterocycles. The molecule has 0 unspecified atom stereocenters. The van der Waals surface area contributed by atoms with Gasteiger partial charge in [0.25, 0.3) is 0 Å². The highest BCUT2D eigenvalue weighted by molar-refractivity contribution is 5.96. The van der Waals surface area contributed by atoms with Crippen molar-refractivity contribution in [3.63, 3.8) is 0 Å². The van der Waals surface area contributed by atoms with Crippen molar-refractivity contribution in [1.29, 1.82) is 0 Å². The van der Waals surface area contributed by atoms with Crippen molar-refractivity contribution in [3.05, 3.63) is 42.1 Å². The van der Waals surface area contributed by atoms with Crippen LogP contribution in [0.1, 0.15) is 5.56 Å². The van der Waals surface area contributed by atoms with Gasteiger partial charge in [-0.1, -0.05) is 30.3 Å². The lowest BCUT2D eigenvalue weighted by molar-refractivity contribution is -0.115. The molecule has 0 bridgehead atoms. The second-order valence-corrected chi connectivity index (χ2v) is 6.16. The van der Waals surface area contributed by atoms with E-state index >= 15 is 0 Å². The molecule has 2 rings (SSSR count). The van der Waals surface area contributed by atoms with Crippen LogP contribution in [0.25, 0.3) is 0 Å². The summed E-state index contributed by atoms with van der Waals surface area (Å²) in [6.07, 6.45) is 0.865. The highest BCUT2D eigenvalue weighted by atomic mass is 16.5. The number of carbonyl (C=O) groups is 2. The number of alkyl carbamates (subject to hydrolysis) is 1. The van der Waals surface area contributed by atoms with Gasteiger partial charge < -0.3 is 25.2 Å². The van der Waals surface area contributed by atoms with E-state index in [0.29, 0.717) is 17.5 Å². The maximum atomic E-state index is 12.1. The Bertz CT molecular complexity index is 780. The van der Waals surface area contributed by atoms with Gasteiger partial charge in [-0.15, -0.1) is 0 Å². The van der Waals surface area contributed by atoms with Crippen LogP contribution in [0.4, 0.5) is 22.2 Å². The van der Waals surface area contributed by atoms with Crippen molar-refractivity contribution < 1.29 is 14.3 Å². The lowest BCUT2D eigenvalue weighted by Crippen LogP contribution is -2.33. The number of amides is 2. The topological polar surface area (TPSA) is 99.7 Å². The number of hydrogen-bond donors (Lipinski definition) is 2. The second kappa shape index (κ2) is 9.37. The van der Waals surface area contributed by atoms with Crippen LogP contribution in [0.5, 0.6) is 0 Å². The van der Waals surface area contributed by atoms with Crippen molar-refractivity contribution >= 4 is 29.5 Å². The molecule has 0 saturated heterocycles. The Morgan fingerprint density at radius 3 is 2.41 bits per heavy atom. The van der Waals surface area contributed by atoms with E-state index in [-0.39, 0.29) is 13.2 Å². The average Bonchev–Trinajstić information content (AvgIpc) is 2.65. The van der Waals surface area contributed by atoms with Crippen LogP contribution in [-0.2, 0) is 16.1 Å². The largest absolute Gasteiger partial charge is 0.445 e. The van der Waals surface area contributed by atoms with E-state index in [1.807, 2.05) is 58.5 Å². The Balaban J connectivity index is 1.87. The molecule has 1 aromatic heterocycles. The fourth-order valence-corrected chi connectivity index (χ4v) is 2.13. The van der Waals surface area contributed by atoms with E-state index in [4.69, 9.17) is 4.74 Å². The van der Waals surface area contributed by atoms with Crippen molar-refractivity contribution in [3.8, 4) is 0 Å². The molecule has 2 aromatic rings. The number of nitrogens with zero attached hydrogens (tertiary/aromatic N) is 4. The summed E-state index contributed by atoms with van der Waals surface area (Å²) in [5.41, 5.74) is 1.32. The van der Waals surface area contributed by atoms with E-state index in [9.17, 15) is 9.59 Å². The van der Waals surface area contributed by atoms with E-state index in [1.54, 1.807) is 9.80 Å². The molecule has 0 aliphatic rings. The Kier molecular flexibility index (Phi) is 6.93. The standard InChI is InChI=1S/C18H24N6O3/c1-23(2)16-14(10-19-17(22-16)24(3)4)21-15(25)11-20-18(26)27-12-13-8-6-5-7-9-13/h5-10H,11-12H2,1-4H3,(H,20,26)(H,21,25). The van der Waals surface area contributed by atoms with E-state index in [1.165, 1.54) is 6.20 Å². The molecular formula is C18H24N6O3. The Morgan fingerprint density at radius 2 is 1.78 bits per heavy atom. The van der Waals surface area contributed by atoms with Gasteiger partial charge >= 0.3 is 6.09 Å². The van der Waals surface area contributed by atoms with Gasteiger partial charge in [0.15, 0.2) is 5.82 Å². The molecule has 27 heavy (non-hydrogen) atoms. The van der Waals surface area contributed by atoms with Gasteiger partial charge in [-0.05, 0) is 5.56 Å². The molecule has 1 heterocycles. The minimum atomic E-state index is -0.666. The van der Waals surface area contributed by atoms with Crippen LogP contribution < -0.4 is 20.4 Å². The molecule has 0 aliphatic carbocycles. The van der Waals surface area contributed by atoms with Crippen molar-refractivity contribution in [1.82, 2.24) is 15.3 Å². The molecule has 0 spiro atoms. The molecule has 0 atom stereocenters. The number of anilines is 3. The third-order valence-electron chi connectivity index (χ3n) is 3.46. The third-order valence-corrected chi connectivity index (χ3v) is 3.46. The van der Waals surface area contributed by atoms with Crippen LogP contribution >= 0.6 is 0 Å².